The Morgan fingerprint density at radius 3 is 2.73 bits per heavy atom. The second kappa shape index (κ2) is 8.59. The molecule has 0 radical (unpaired) electrons. The van der Waals surface area contributed by atoms with E-state index >= 15 is 0 Å². The Morgan fingerprint density at radius 1 is 1.09 bits per heavy atom. The van der Waals surface area contributed by atoms with E-state index in [-0.39, 0.29) is 0 Å². The molecule has 0 bridgehead atoms. The fourth-order valence-electron chi connectivity index (χ4n) is 2.14. The maximum absolute atomic E-state index is 5.99. The van der Waals surface area contributed by atoms with Gasteiger partial charge in [-0.05, 0) is 37.5 Å². The van der Waals surface area contributed by atoms with Crippen molar-refractivity contribution in [1.82, 2.24) is 9.97 Å². The Labute approximate surface area is 137 Å². The van der Waals surface area contributed by atoms with Gasteiger partial charge >= 0.3 is 0 Å². The van der Waals surface area contributed by atoms with Crippen molar-refractivity contribution < 1.29 is 0 Å². The maximum Gasteiger partial charge on any atom is 0.224 e. The van der Waals surface area contributed by atoms with Crippen LogP contribution in [0.1, 0.15) is 31.0 Å². The van der Waals surface area contributed by atoms with Crippen LogP contribution in [0.5, 0.6) is 0 Å². The molecule has 4 nitrogen and oxygen atoms in total. The Hall–Kier alpha value is -1.81. The average Bonchev–Trinajstić information content (AvgIpc) is 2.47. The van der Waals surface area contributed by atoms with Crippen molar-refractivity contribution in [3.63, 3.8) is 0 Å². The second-order valence-electron chi connectivity index (χ2n) is 5.31. The molecule has 0 saturated carbocycles. The standard InChI is InChI=1S/C17H23ClN4/c1-3-4-9-19-16-11-13(2)21-17(22-16)20-10-8-14-6-5-7-15(18)12-14/h5-7,11-12H,3-4,8-10H2,1-2H3,(H2,19,20,21,22). The van der Waals surface area contributed by atoms with E-state index in [1.54, 1.807) is 0 Å². The summed E-state index contributed by atoms with van der Waals surface area (Å²) in [5.41, 5.74) is 2.16. The van der Waals surface area contributed by atoms with Gasteiger partial charge in [0.2, 0.25) is 5.95 Å². The predicted octanol–water partition coefficient (Wildman–Crippen LogP) is 4.31. The molecule has 0 atom stereocenters. The van der Waals surface area contributed by atoms with E-state index in [2.05, 4.69) is 33.6 Å². The minimum Gasteiger partial charge on any atom is -0.370 e. The average molecular weight is 319 g/mol. The summed E-state index contributed by atoms with van der Waals surface area (Å²) in [4.78, 5) is 8.92. The fourth-order valence-corrected chi connectivity index (χ4v) is 2.36. The zero-order valence-electron chi connectivity index (χ0n) is 13.2. The van der Waals surface area contributed by atoms with Crippen LogP contribution in [0.15, 0.2) is 30.3 Å². The van der Waals surface area contributed by atoms with Gasteiger partial charge in [0.15, 0.2) is 0 Å². The number of aryl methyl sites for hydroxylation is 1. The third kappa shape index (κ3) is 5.53. The van der Waals surface area contributed by atoms with Crippen molar-refractivity contribution in [2.75, 3.05) is 23.7 Å². The molecule has 2 N–H and O–H groups in total. The number of hydrogen-bond donors (Lipinski definition) is 2. The lowest BCUT2D eigenvalue weighted by Gasteiger charge is -2.10. The molecule has 1 aromatic heterocycles. The number of benzene rings is 1. The highest BCUT2D eigenvalue weighted by Gasteiger charge is 2.02. The molecule has 2 aromatic rings. The number of nitrogens with zero attached hydrogens (tertiary/aromatic N) is 2. The molecule has 2 rings (SSSR count). The van der Waals surface area contributed by atoms with Crippen LogP contribution in [0.3, 0.4) is 0 Å². The first-order valence-electron chi connectivity index (χ1n) is 7.75. The summed E-state index contributed by atoms with van der Waals surface area (Å²) in [6, 6.07) is 9.88. The van der Waals surface area contributed by atoms with Crippen molar-refractivity contribution in [3.05, 3.63) is 46.6 Å². The largest absolute Gasteiger partial charge is 0.370 e. The predicted molar refractivity (Wildman–Crippen MR) is 93.8 cm³/mol. The van der Waals surface area contributed by atoms with Gasteiger partial charge in [0.05, 0.1) is 0 Å². The van der Waals surface area contributed by atoms with E-state index in [1.807, 2.05) is 31.2 Å². The number of nitrogens with one attached hydrogen (secondary N) is 2. The van der Waals surface area contributed by atoms with Crippen molar-refractivity contribution >= 4 is 23.4 Å². The summed E-state index contributed by atoms with van der Waals surface area (Å²) in [5.74, 6) is 1.55. The summed E-state index contributed by atoms with van der Waals surface area (Å²) in [6.07, 6.45) is 3.19. The van der Waals surface area contributed by atoms with Crippen LogP contribution in [-0.2, 0) is 6.42 Å². The number of halogens is 1. The normalized spacial score (nSPS) is 10.5. The van der Waals surface area contributed by atoms with Gasteiger partial charge in [-0.2, -0.15) is 4.98 Å². The van der Waals surface area contributed by atoms with Crippen LogP contribution in [0.2, 0.25) is 5.02 Å². The van der Waals surface area contributed by atoms with Gasteiger partial charge in [-0.15, -0.1) is 0 Å². The Morgan fingerprint density at radius 2 is 1.95 bits per heavy atom. The molecule has 0 unspecified atom stereocenters. The Bertz CT molecular complexity index is 601. The number of hydrogen-bond acceptors (Lipinski definition) is 4. The van der Waals surface area contributed by atoms with Crippen LogP contribution >= 0.6 is 11.6 Å². The molecule has 5 heteroatoms. The molecule has 0 amide bonds. The fraction of sp³-hybridized carbons (Fsp3) is 0.412. The third-order valence-electron chi connectivity index (χ3n) is 3.28. The molecule has 118 valence electrons. The Balaban J connectivity index is 1.89. The van der Waals surface area contributed by atoms with Crippen LogP contribution in [0.4, 0.5) is 11.8 Å². The minimum atomic E-state index is 0.668. The van der Waals surface area contributed by atoms with Gasteiger partial charge in [0.25, 0.3) is 0 Å². The molecule has 0 aliphatic heterocycles. The van der Waals surface area contributed by atoms with Crippen molar-refractivity contribution in [3.8, 4) is 0 Å². The first-order valence-corrected chi connectivity index (χ1v) is 8.13. The van der Waals surface area contributed by atoms with Gasteiger partial charge in [0.1, 0.15) is 5.82 Å². The van der Waals surface area contributed by atoms with Crippen LogP contribution < -0.4 is 10.6 Å². The van der Waals surface area contributed by atoms with Crippen molar-refractivity contribution in [2.24, 2.45) is 0 Å². The SMILES string of the molecule is CCCCNc1cc(C)nc(NCCc2cccc(Cl)c2)n1. The first-order chi connectivity index (χ1) is 10.7. The van der Waals surface area contributed by atoms with Gasteiger partial charge in [-0.25, -0.2) is 4.98 Å². The summed E-state index contributed by atoms with van der Waals surface area (Å²) in [7, 11) is 0. The van der Waals surface area contributed by atoms with Gasteiger partial charge in [-0.1, -0.05) is 37.1 Å². The van der Waals surface area contributed by atoms with E-state index in [9.17, 15) is 0 Å². The van der Waals surface area contributed by atoms with Gasteiger partial charge < -0.3 is 10.6 Å². The van der Waals surface area contributed by atoms with E-state index in [4.69, 9.17) is 11.6 Å². The topological polar surface area (TPSA) is 49.8 Å². The van der Waals surface area contributed by atoms with E-state index in [1.165, 1.54) is 12.0 Å². The summed E-state index contributed by atoms with van der Waals surface area (Å²) >= 11 is 5.99. The molecule has 0 aliphatic rings. The number of anilines is 2. The number of unbranched alkanes of at least 4 members (excludes halogenated alkanes) is 1. The monoisotopic (exact) mass is 318 g/mol. The van der Waals surface area contributed by atoms with E-state index in [0.717, 1.165) is 42.5 Å². The summed E-state index contributed by atoms with van der Waals surface area (Å²) < 4.78 is 0. The molecule has 0 aliphatic carbocycles. The molecule has 1 aromatic carbocycles. The molecule has 1 heterocycles. The Kier molecular flexibility index (Phi) is 6.46. The minimum absolute atomic E-state index is 0.668. The quantitative estimate of drug-likeness (QED) is 0.712. The van der Waals surface area contributed by atoms with Crippen LogP contribution in [-0.4, -0.2) is 23.1 Å². The highest BCUT2D eigenvalue weighted by molar-refractivity contribution is 6.30. The zero-order valence-corrected chi connectivity index (χ0v) is 14.0. The molecule has 0 fully saturated rings. The van der Waals surface area contributed by atoms with Crippen molar-refractivity contribution in [2.45, 2.75) is 33.1 Å². The molecular weight excluding hydrogens is 296 g/mol. The number of rotatable bonds is 8. The molecule has 0 spiro atoms. The number of aromatic nitrogens is 2. The highest BCUT2D eigenvalue weighted by atomic mass is 35.5. The molecular formula is C17H23ClN4. The second-order valence-corrected chi connectivity index (χ2v) is 5.74. The lowest BCUT2D eigenvalue weighted by atomic mass is 10.1. The van der Waals surface area contributed by atoms with Gasteiger partial charge in [-0.3, -0.25) is 0 Å². The highest BCUT2D eigenvalue weighted by Crippen LogP contribution is 2.12. The lowest BCUT2D eigenvalue weighted by Crippen LogP contribution is -2.11. The lowest BCUT2D eigenvalue weighted by molar-refractivity contribution is 0.829. The summed E-state index contributed by atoms with van der Waals surface area (Å²) in [5, 5.41) is 7.38. The molecule has 22 heavy (non-hydrogen) atoms. The van der Waals surface area contributed by atoms with Crippen molar-refractivity contribution in [1.29, 1.82) is 0 Å². The third-order valence-corrected chi connectivity index (χ3v) is 3.51. The smallest absolute Gasteiger partial charge is 0.224 e. The van der Waals surface area contributed by atoms with E-state index in [0.29, 0.717) is 5.95 Å². The first kappa shape index (κ1) is 16.6. The maximum atomic E-state index is 5.99. The van der Waals surface area contributed by atoms with E-state index < -0.39 is 0 Å². The zero-order chi connectivity index (χ0) is 15.8. The summed E-state index contributed by atoms with van der Waals surface area (Å²) in [6.45, 7) is 5.87. The van der Waals surface area contributed by atoms with Crippen LogP contribution in [0, 0.1) is 6.92 Å². The molecule has 0 saturated heterocycles. The van der Waals surface area contributed by atoms with Gasteiger partial charge in [0, 0.05) is 29.9 Å². The van der Waals surface area contributed by atoms with Crippen LogP contribution in [0.25, 0.3) is 0 Å².